The maximum atomic E-state index is 6.01. The summed E-state index contributed by atoms with van der Waals surface area (Å²) in [4.78, 5) is 8.90. The lowest BCUT2D eigenvalue weighted by Crippen LogP contribution is -2.09. The van der Waals surface area contributed by atoms with Gasteiger partial charge in [-0.05, 0) is 45.4 Å². The molecule has 3 aromatic rings. The number of nitrogens with two attached hydrogens (primary N) is 1. The Hall–Kier alpha value is -2.37. The lowest BCUT2D eigenvalue weighted by Gasteiger charge is -2.07. The molecule has 0 amide bonds. The van der Waals surface area contributed by atoms with Crippen molar-refractivity contribution in [3.05, 3.63) is 35.3 Å². The number of nitrogen functional groups attached to an aromatic ring is 1. The molecule has 0 atom stereocenters. The minimum Gasteiger partial charge on any atom is -0.369 e. The summed E-state index contributed by atoms with van der Waals surface area (Å²) in [6, 6.07) is 6.01. The van der Waals surface area contributed by atoms with Crippen LogP contribution >= 0.6 is 0 Å². The molecule has 0 bridgehead atoms. The van der Waals surface area contributed by atoms with Crippen molar-refractivity contribution in [3.8, 4) is 0 Å². The van der Waals surface area contributed by atoms with E-state index >= 15 is 0 Å². The fourth-order valence-corrected chi connectivity index (χ4v) is 2.61. The Bertz CT molecular complexity index is 783. The fraction of sp³-hybridized carbons (Fsp3) is 0.400. The predicted molar refractivity (Wildman–Crippen MR) is 83.0 cm³/mol. The van der Waals surface area contributed by atoms with Gasteiger partial charge in [0.15, 0.2) is 5.65 Å². The molecular weight excluding hydrogens is 264 g/mol. The molecule has 0 aliphatic rings. The lowest BCUT2D eigenvalue weighted by molar-refractivity contribution is 0.522. The molecule has 6 nitrogen and oxygen atoms in total. The first kappa shape index (κ1) is 13.6. The summed E-state index contributed by atoms with van der Waals surface area (Å²) >= 11 is 0. The third kappa shape index (κ3) is 2.61. The van der Waals surface area contributed by atoms with Crippen molar-refractivity contribution in [2.45, 2.75) is 40.3 Å². The van der Waals surface area contributed by atoms with Crippen LogP contribution in [0.1, 0.15) is 23.5 Å². The van der Waals surface area contributed by atoms with Gasteiger partial charge in [-0.1, -0.05) is 0 Å². The second-order valence-electron chi connectivity index (χ2n) is 5.42. The van der Waals surface area contributed by atoms with Crippen molar-refractivity contribution in [2.75, 3.05) is 5.73 Å². The van der Waals surface area contributed by atoms with Gasteiger partial charge in [0.1, 0.15) is 5.52 Å². The van der Waals surface area contributed by atoms with E-state index in [2.05, 4.69) is 28.1 Å². The molecule has 3 aromatic heterocycles. The van der Waals surface area contributed by atoms with Crippen LogP contribution in [0.15, 0.2) is 18.2 Å². The normalized spacial score (nSPS) is 11.4. The molecule has 0 aromatic carbocycles. The van der Waals surface area contributed by atoms with Gasteiger partial charge in [0, 0.05) is 24.5 Å². The fourth-order valence-electron chi connectivity index (χ4n) is 2.61. The van der Waals surface area contributed by atoms with Gasteiger partial charge in [-0.2, -0.15) is 5.10 Å². The van der Waals surface area contributed by atoms with E-state index in [1.54, 1.807) is 0 Å². The summed E-state index contributed by atoms with van der Waals surface area (Å²) in [5, 5.41) is 4.47. The summed E-state index contributed by atoms with van der Waals surface area (Å²) in [7, 11) is 0. The number of hydrogen-bond acceptors (Lipinski definition) is 4. The zero-order valence-corrected chi connectivity index (χ0v) is 12.7. The average Bonchev–Trinajstić information content (AvgIpc) is 2.90. The molecule has 0 aliphatic carbocycles. The van der Waals surface area contributed by atoms with Gasteiger partial charge in [0.05, 0.1) is 5.69 Å². The number of rotatable bonds is 4. The Labute approximate surface area is 123 Å². The number of aryl methyl sites for hydroxylation is 5. The number of nitrogens with zero attached hydrogens (tertiary/aromatic N) is 5. The van der Waals surface area contributed by atoms with E-state index in [9.17, 15) is 0 Å². The molecule has 2 N–H and O–H groups in total. The Morgan fingerprint density at radius 3 is 2.57 bits per heavy atom. The Kier molecular flexibility index (Phi) is 3.37. The molecular formula is C15H20N6. The van der Waals surface area contributed by atoms with Gasteiger partial charge in [-0.3, -0.25) is 9.25 Å². The SMILES string of the molecule is Cc1ccc2nc(N)n(CCCn3nc(C)cc3C)c2n1. The highest BCUT2D eigenvalue weighted by Crippen LogP contribution is 2.17. The molecule has 0 unspecified atom stereocenters. The summed E-state index contributed by atoms with van der Waals surface area (Å²) in [6.07, 6.45) is 0.938. The molecule has 0 saturated carbocycles. The van der Waals surface area contributed by atoms with E-state index in [1.807, 2.05) is 35.2 Å². The lowest BCUT2D eigenvalue weighted by atomic mass is 10.3. The van der Waals surface area contributed by atoms with Gasteiger partial charge in [0.2, 0.25) is 5.95 Å². The molecule has 110 valence electrons. The van der Waals surface area contributed by atoms with Crippen molar-refractivity contribution in [2.24, 2.45) is 0 Å². The van der Waals surface area contributed by atoms with Crippen LogP contribution in [0.25, 0.3) is 11.2 Å². The van der Waals surface area contributed by atoms with Crippen LogP contribution in [0.2, 0.25) is 0 Å². The minimum absolute atomic E-state index is 0.525. The monoisotopic (exact) mass is 284 g/mol. The number of pyridine rings is 1. The quantitative estimate of drug-likeness (QED) is 0.797. The van der Waals surface area contributed by atoms with Crippen molar-refractivity contribution in [3.63, 3.8) is 0 Å². The maximum Gasteiger partial charge on any atom is 0.202 e. The average molecular weight is 284 g/mol. The minimum atomic E-state index is 0.525. The van der Waals surface area contributed by atoms with Gasteiger partial charge in [-0.15, -0.1) is 0 Å². The predicted octanol–water partition coefficient (Wildman–Crippen LogP) is 2.23. The standard InChI is InChI=1S/C15H20N6/c1-10-5-6-13-14(17-10)20(15(16)18-13)7-4-8-21-12(3)9-11(2)19-21/h5-6,9H,4,7-8H2,1-3H3,(H2,16,18). The number of fused-ring (bicyclic) bond motifs is 1. The van der Waals surface area contributed by atoms with E-state index in [4.69, 9.17) is 5.73 Å². The van der Waals surface area contributed by atoms with Crippen molar-refractivity contribution >= 4 is 17.1 Å². The van der Waals surface area contributed by atoms with E-state index in [1.165, 1.54) is 5.69 Å². The van der Waals surface area contributed by atoms with Crippen molar-refractivity contribution in [1.82, 2.24) is 24.3 Å². The topological polar surface area (TPSA) is 74.5 Å². The smallest absolute Gasteiger partial charge is 0.202 e. The van der Waals surface area contributed by atoms with E-state index in [0.717, 1.165) is 42.1 Å². The summed E-state index contributed by atoms with van der Waals surface area (Å²) < 4.78 is 4.01. The second kappa shape index (κ2) is 5.20. The summed E-state index contributed by atoms with van der Waals surface area (Å²) in [5.41, 5.74) is 10.9. The second-order valence-corrected chi connectivity index (χ2v) is 5.42. The zero-order valence-electron chi connectivity index (χ0n) is 12.7. The van der Waals surface area contributed by atoms with Gasteiger partial charge >= 0.3 is 0 Å². The van der Waals surface area contributed by atoms with E-state index in [-0.39, 0.29) is 0 Å². The summed E-state index contributed by atoms with van der Waals surface area (Å²) in [6.45, 7) is 7.72. The molecule has 0 spiro atoms. The molecule has 21 heavy (non-hydrogen) atoms. The molecule has 0 aliphatic heterocycles. The third-order valence-corrected chi connectivity index (χ3v) is 3.62. The zero-order chi connectivity index (χ0) is 15.0. The van der Waals surface area contributed by atoms with Crippen LogP contribution in [0.5, 0.6) is 0 Å². The molecule has 6 heteroatoms. The van der Waals surface area contributed by atoms with E-state index in [0.29, 0.717) is 5.95 Å². The van der Waals surface area contributed by atoms with Crippen LogP contribution in [0.4, 0.5) is 5.95 Å². The van der Waals surface area contributed by atoms with Gasteiger partial charge < -0.3 is 5.73 Å². The van der Waals surface area contributed by atoms with Gasteiger partial charge in [-0.25, -0.2) is 9.97 Å². The molecule has 3 heterocycles. The van der Waals surface area contributed by atoms with Crippen LogP contribution in [-0.4, -0.2) is 24.3 Å². The molecule has 3 rings (SSSR count). The first-order valence-corrected chi connectivity index (χ1v) is 7.15. The maximum absolute atomic E-state index is 6.01. The highest BCUT2D eigenvalue weighted by Gasteiger charge is 2.09. The molecule has 0 saturated heterocycles. The number of anilines is 1. The third-order valence-electron chi connectivity index (χ3n) is 3.62. The highest BCUT2D eigenvalue weighted by atomic mass is 15.3. The van der Waals surface area contributed by atoms with Crippen molar-refractivity contribution in [1.29, 1.82) is 0 Å². The molecule has 0 radical (unpaired) electrons. The van der Waals surface area contributed by atoms with Gasteiger partial charge in [0.25, 0.3) is 0 Å². The number of hydrogen-bond donors (Lipinski definition) is 1. The number of aromatic nitrogens is 5. The van der Waals surface area contributed by atoms with Crippen molar-refractivity contribution < 1.29 is 0 Å². The largest absolute Gasteiger partial charge is 0.369 e. The van der Waals surface area contributed by atoms with E-state index < -0.39 is 0 Å². The Morgan fingerprint density at radius 2 is 1.86 bits per heavy atom. The highest BCUT2D eigenvalue weighted by molar-refractivity contribution is 5.74. The van der Waals surface area contributed by atoms with Crippen LogP contribution in [0, 0.1) is 20.8 Å². The van der Waals surface area contributed by atoms with Crippen LogP contribution < -0.4 is 5.73 Å². The first-order chi connectivity index (χ1) is 10.0. The first-order valence-electron chi connectivity index (χ1n) is 7.15. The molecule has 0 fully saturated rings. The summed E-state index contributed by atoms with van der Waals surface area (Å²) in [5.74, 6) is 0.525. The van der Waals surface area contributed by atoms with Crippen LogP contribution in [-0.2, 0) is 13.1 Å². The Morgan fingerprint density at radius 1 is 1.05 bits per heavy atom. The Balaban J connectivity index is 1.77. The van der Waals surface area contributed by atoms with Crippen LogP contribution in [0.3, 0.4) is 0 Å². The number of imidazole rings is 1.